The number of carbonyl (C=O) groups excluding carboxylic acids is 2. The molecule has 0 aliphatic heterocycles. The Kier molecular flexibility index (Phi) is 4.52. The van der Waals surface area contributed by atoms with Crippen LogP contribution in [-0.2, 0) is 16.1 Å². The number of isocyanates is 1. The Hall–Kier alpha value is -3.69. The molecular formula is C22H16N2O3. The molecule has 3 aromatic rings. The van der Waals surface area contributed by atoms with E-state index in [4.69, 9.17) is 4.74 Å². The summed E-state index contributed by atoms with van der Waals surface area (Å²) in [6, 6.07) is 22.9. The van der Waals surface area contributed by atoms with Gasteiger partial charge in [-0.05, 0) is 28.8 Å². The van der Waals surface area contributed by atoms with Crippen LogP contribution in [0, 0.1) is 0 Å². The van der Waals surface area contributed by atoms with Crippen LogP contribution in [0.4, 0.5) is 10.5 Å². The summed E-state index contributed by atoms with van der Waals surface area (Å²) < 4.78 is 5.73. The Bertz CT molecular complexity index is 992. The molecule has 0 bridgehead atoms. The quantitative estimate of drug-likeness (QED) is 0.546. The predicted molar refractivity (Wildman–Crippen MR) is 101 cm³/mol. The van der Waals surface area contributed by atoms with Crippen LogP contribution in [0.2, 0.25) is 0 Å². The number of benzene rings is 3. The minimum absolute atomic E-state index is 0.319. The van der Waals surface area contributed by atoms with Crippen molar-refractivity contribution in [3.05, 3.63) is 89.5 Å². The highest BCUT2D eigenvalue weighted by Crippen LogP contribution is 2.44. The van der Waals surface area contributed by atoms with Crippen molar-refractivity contribution in [3.8, 4) is 11.1 Å². The zero-order valence-electron chi connectivity index (χ0n) is 14.4. The molecule has 1 aliphatic carbocycles. The summed E-state index contributed by atoms with van der Waals surface area (Å²) in [6.45, 7) is 0.319. The monoisotopic (exact) mass is 356 g/mol. The molecule has 0 spiro atoms. The summed E-state index contributed by atoms with van der Waals surface area (Å²) in [7, 11) is 0. The number of hydrogen-bond acceptors (Lipinski definition) is 4. The molecule has 3 aromatic carbocycles. The van der Waals surface area contributed by atoms with Crippen molar-refractivity contribution in [1.82, 2.24) is 5.32 Å². The SMILES string of the molecule is O=C=Nc1ccc(CNC(=O)OC2c3ccccc3-c3ccccc32)cc1. The van der Waals surface area contributed by atoms with Gasteiger partial charge in [0, 0.05) is 17.7 Å². The van der Waals surface area contributed by atoms with E-state index >= 15 is 0 Å². The number of rotatable bonds is 4. The van der Waals surface area contributed by atoms with Crippen LogP contribution in [0.5, 0.6) is 0 Å². The normalized spacial score (nSPS) is 11.9. The van der Waals surface area contributed by atoms with Crippen LogP contribution in [0.15, 0.2) is 77.8 Å². The van der Waals surface area contributed by atoms with Gasteiger partial charge >= 0.3 is 6.09 Å². The minimum atomic E-state index is -0.485. The zero-order chi connectivity index (χ0) is 18.6. The molecule has 1 amide bonds. The van der Waals surface area contributed by atoms with E-state index in [2.05, 4.69) is 10.3 Å². The molecule has 0 saturated carbocycles. The average molecular weight is 356 g/mol. The van der Waals surface area contributed by atoms with Crippen molar-refractivity contribution in [2.45, 2.75) is 12.6 Å². The van der Waals surface area contributed by atoms with Gasteiger partial charge in [0.05, 0.1) is 5.69 Å². The van der Waals surface area contributed by atoms with E-state index in [9.17, 15) is 9.59 Å². The van der Waals surface area contributed by atoms with Crippen molar-refractivity contribution in [2.24, 2.45) is 4.99 Å². The number of aliphatic imine (C=N–C) groups is 1. The van der Waals surface area contributed by atoms with E-state index in [1.54, 1.807) is 24.3 Å². The molecule has 0 radical (unpaired) electrons. The second-order valence-electron chi connectivity index (χ2n) is 6.18. The van der Waals surface area contributed by atoms with Crippen LogP contribution in [0.3, 0.4) is 0 Å². The summed E-state index contributed by atoms with van der Waals surface area (Å²) in [5, 5.41) is 2.77. The molecule has 5 nitrogen and oxygen atoms in total. The van der Waals surface area contributed by atoms with E-state index in [0.717, 1.165) is 27.8 Å². The zero-order valence-corrected chi connectivity index (χ0v) is 14.4. The maximum absolute atomic E-state index is 12.4. The van der Waals surface area contributed by atoms with Crippen LogP contribution in [-0.4, -0.2) is 12.2 Å². The smallest absolute Gasteiger partial charge is 0.408 e. The third-order valence-corrected chi connectivity index (χ3v) is 4.55. The Labute approximate surface area is 156 Å². The molecule has 1 N–H and O–H groups in total. The predicted octanol–water partition coefficient (Wildman–Crippen LogP) is 4.65. The lowest BCUT2D eigenvalue weighted by Gasteiger charge is -2.15. The summed E-state index contributed by atoms with van der Waals surface area (Å²) in [5.41, 5.74) is 5.57. The van der Waals surface area contributed by atoms with Crippen molar-refractivity contribution < 1.29 is 14.3 Å². The van der Waals surface area contributed by atoms with E-state index in [1.807, 2.05) is 48.5 Å². The van der Waals surface area contributed by atoms with Gasteiger partial charge in [-0.25, -0.2) is 9.59 Å². The van der Waals surface area contributed by atoms with Gasteiger partial charge in [0.15, 0.2) is 6.10 Å². The van der Waals surface area contributed by atoms with Crippen LogP contribution < -0.4 is 5.32 Å². The maximum atomic E-state index is 12.4. The standard InChI is InChI=1S/C22H16N2O3/c25-14-24-16-11-9-15(10-12-16)13-23-22(26)27-21-19-7-3-1-5-17(19)18-6-2-4-8-20(18)21/h1-12,21H,13H2,(H,23,26). The highest BCUT2D eigenvalue weighted by atomic mass is 16.6. The first-order chi connectivity index (χ1) is 13.3. The minimum Gasteiger partial charge on any atom is -0.436 e. The van der Waals surface area contributed by atoms with Gasteiger partial charge < -0.3 is 10.1 Å². The molecule has 0 atom stereocenters. The third-order valence-electron chi connectivity index (χ3n) is 4.55. The molecule has 0 unspecified atom stereocenters. The maximum Gasteiger partial charge on any atom is 0.408 e. The first-order valence-corrected chi connectivity index (χ1v) is 8.56. The molecule has 5 heteroatoms. The number of carbonyl (C=O) groups is 1. The number of ether oxygens (including phenoxy) is 1. The van der Waals surface area contributed by atoms with E-state index in [1.165, 1.54) is 6.08 Å². The molecule has 4 rings (SSSR count). The van der Waals surface area contributed by atoms with E-state index in [-0.39, 0.29) is 0 Å². The Morgan fingerprint density at radius 2 is 1.52 bits per heavy atom. The number of fused-ring (bicyclic) bond motifs is 3. The van der Waals surface area contributed by atoms with Crippen LogP contribution in [0.25, 0.3) is 11.1 Å². The molecule has 0 aromatic heterocycles. The molecule has 27 heavy (non-hydrogen) atoms. The van der Waals surface area contributed by atoms with Crippen molar-refractivity contribution in [1.29, 1.82) is 0 Å². The fourth-order valence-electron chi connectivity index (χ4n) is 3.30. The summed E-state index contributed by atoms with van der Waals surface area (Å²) in [5.74, 6) is 0. The molecule has 0 fully saturated rings. The Balaban J connectivity index is 1.46. The Morgan fingerprint density at radius 3 is 2.11 bits per heavy atom. The van der Waals surface area contributed by atoms with Gasteiger partial charge in [0.25, 0.3) is 0 Å². The van der Waals surface area contributed by atoms with Gasteiger partial charge in [-0.3, -0.25) is 0 Å². The molecule has 0 saturated heterocycles. The number of hydrogen-bond donors (Lipinski definition) is 1. The summed E-state index contributed by atoms with van der Waals surface area (Å²) in [6.07, 6.45) is 0.596. The van der Waals surface area contributed by atoms with Crippen LogP contribution in [0.1, 0.15) is 22.8 Å². The summed E-state index contributed by atoms with van der Waals surface area (Å²) in [4.78, 5) is 26.1. The fraction of sp³-hybridized carbons (Fsp3) is 0.0909. The molecule has 0 heterocycles. The second kappa shape index (κ2) is 7.28. The first kappa shape index (κ1) is 16.8. The lowest BCUT2D eigenvalue weighted by atomic mass is 10.1. The number of nitrogens with zero attached hydrogens (tertiary/aromatic N) is 1. The topological polar surface area (TPSA) is 67.8 Å². The van der Waals surface area contributed by atoms with E-state index in [0.29, 0.717) is 12.2 Å². The molecule has 132 valence electrons. The van der Waals surface area contributed by atoms with Crippen molar-refractivity contribution in [3.63, 3.8) is 0 Å². The highest BCUT2D eigenvalue weighted by molar-refractivity contribution is 5.79. The average Bonchev–Trinajstić information content (AvgIpc) is 3.02. The van der Waals surface area contributed by atoms with Crippen molar-refractivity contribution in [2.75, 3.05) is 0 Å². The van der Waals surface area contributed by atoms with Gasteiger partial charge in [-0.2, -0.15) is 4.99 Å². The third kappa shape index (κ3) is 3.36. The largest absolute Gasteiger partial charge is 0.436 e. The second-order valence-corrected chi connectivity index (χ2v) is 6.18. The Morgan fingerprint density at radius 1 is 0.926 bits per heavy atom. The van der Waals surface area contributed by atoms with Gasteiger partial charge in [0.1, 0.15) is 0 Å². The van der Waals surface area contributed by atoms with E-state index < -0.39 is 12.2 Å². The lowest BCUT2D eigenvalue weighted by Crippen LogP contribution is -2.25. The molecule has 1 aliphatic rings. The van der Waals surface area contributed by atoms with Gasteiger partial charge in [-0.15, -0.1) is 0 Å². The van der Waals surface area contributed by atoms with Crippen molar-refractivity contribution >= 4 is 17.9 Å². The first-order valence-electron chi connectivity index (χ1n) is 8.56. The number of alkyl carbamates (subject to hydrolysis) is 1. The molecular weight excluding hydrogens is 340 g/mol. The van der Waals surface area contributed by atoms with Gasteiger partial charge in [-0.1, -0.05) is 60.7 Å². The number of amides is 1. The fourth-order valence-corrected chi connectivity index (χ4v) is 3.30. The lowest BCUT2D eigenvalue weighted by molar-refractivity contribution is 0.118. The summed E-state index contributed by atoms with van der Waals surface area (Å²) >= 11 is 0. The van der Waals surface area contributed by atoms with Gasteiger partial charge in [0.2, 0.25) is 6.08 Å². The van der Waals surface area contributed by atoms with Crippen LogP contribution >= 0.6 is 0 Å². The highest BCUT2D eigenvalue weighted by Gasteiger charge is 2.30. The number of nitrogens with one attached hydrogen (secondary N) is 1.